The SMILES string of the molecule is O=C(OCc1ccccc1)N1CC=C[C@H](OCc2ccccc2)[C@@H]1COC(c1ccccc1)(c1ccccc1)c1ccccc1. The maximum Gasteiger partial charge on any atom is 0.410 e. The van der Waals surface area contributed by atoms with E-state index >= 15 is 0 Å². The van der Waals surface area contributed by atoms with Crippen molar-refractivity contribution in [3.8, 4) is 0 Å². The van der Waals surface area contributed by atoms with Crippen LogP contribution in [0.15, 0.2) is 164 Å². The largest absolute Gasteiger partial charge is 0.445 e. The molecule has 0 unspecified atom stereocenters. The summed E-state index contributed by atoms with van der Waals surface area (Å²) < 4.78 is 19.5. The Kier molecular flexibility index (Phi) is 9.80. The Morgan fingerprint density at radius 3 is 1.56 bits per heavy atom. The number of benzene rings is 5. The van der Waals surface area contributed by atoms with Crippen LogP contribution in [-0.2, 0) is 33.0 Å². The molecule has 5 nitrogen and oxygen atoms in total. The first-order valence-corrected chi connectivity index (χ1v) is 15.3. The molecule has 1 aliphatic rings. The summed E-state index contributed by atoms with van der Waals surface area (Å²) in [5.41, 5.74) is 4.03. The quantitative estimate of drug-likeness (QED) is 0.114. The van der Waals surface area contributed by atoms with E-state index in [1.165, 1.54) is 0 Å². The van der Waals surface area contributed by atoms with Crippen LogP contribution in [-0.4, -0.2) is 36.3 Å². The molecular formula is C40H37NO4. The molecule has 0 saturated carbocycles. The average molecular weight is 596 g/mol. The molecule has 5 heteroatoms. The lowest BCUT2D eigenvalue weighted by Gasteiger charge is -2.41. The van der Waals surface area contributed by atoms with E-state index in [4.69, 9.17) is 14.2 Å². The monoisotopic (exact) mass is 595 g/mol. The minimum Gasteiger partial charge on any atom is -0.445 e. The van der Waals surface area contributed by atoms with E-state index in [1.807, 2.05) is 127 Å². The topological polar surface area (TPSA) is 48.0 Å². The van der Waals surface area contributed by atoms with Gasteiger partial charge in [-0.05, 0) is 27.8 Å². The van der Waals surface area contributed by atoms with Gasteiger partial charge >= 0.3 is 6.09 Å². The van der Waals surface area contributed by atoms with E-state index in [0.29, 0.717) is 13.2 Å². The Hall–Kier alpha value is -4.97. The second kappa shape index (κ2) is 14.7. The van der Waals surface area contributed by atoms with Crippen LogP contribution in [0.4, 0.5) is 4.79 Å². The van der Waals surface area contributed by atoms with Gasteiger partial charge in [0.25, 0.3) is 0 Å². The minimum atomic E-state index is -0.936. The highest BCUT2D eigenvalue weighted by Gasteiger charge is 2.41. The van der Waals surface area contributed by atoms with Gasteiger partial charge in [0.1, 0.15) is 12.2 Å². The number of carbonyl (C=O) groups excluding carboxylic acids is 1. The van der Waals surface area contributed by atoms with Crippen molar-refractivity contribution in [3.05, 3.63) is 192 Å². The van der Waals surface area contributed by atoms with Crippen LogP contribution in [0.1, 0.15) is 27.8 Å². The molecule has 1 amide bonds. The van der Waals surface area contributed by atoms with Gasteiger partial charge in [-0.2, -0.15) is 0 Å². The lowest BCUT2D eigenvalue weighted by molar-refractivity contribution is -0.0673. The van der Waals surface area contributed by atoms with Gasteiger partial charge in [0.2, 0.25) is 0 Å². The number of nitrogens with zero attached hydrogens (tertiary/aromatic N) is 1. The van der Waals surface area contributed by atoms with Gasteiger partial charge in [-0.25, -0.2) is 4.79 Å². The number of ether oxygens (including phenoxy) is 3. The highest BCUT2D eigenvalue weighted by atomic mass is 16.6. The van der Waals surface area contributed by atoms with Crippen molar-refractivity contribution in [1.82, 2.24) is 4.90 Å². The van der Waals surface area contributed by atoms with Gasteiger partial charge in [-0.15, -0.1) is 0 Å². The Balaban J connectivity index is 1.35. The third-order valence-electron chi connectivity index (χ3n) is 8.14. The van der Waals surface area contributed by atoms with Gasteiger partial charge in [0, 0.05) is 6.54 Å². The molecular weight excluding hydrogens is 558 g/mol. The van der Waals surface area contributed by atoms with Gasteiger partial charge < -0.3 is 14.2 Å². The van der Waals surface area contributed by atoms with Gasteiger partial charge in [0.15, 0.2) is 0 Å². The van der Waals surface area contributed by atoms with Crippen LogP contribution in [0, 0.1) is 0 Å². The summed E-state index contributed by atoms with van der Waals surface area (Å²) in [5.74, 6) is 0. The molecule has 0 aliphatic carbocycles. The van der Waals surface area contributed by atoms with Crippen LogP contribution in [0.25, 0.3) is 0 Å². The smallest absolute Gasteiger partial charge is 0.410 e. The van der Waals surface area contributed by atoms with Crippen LogP contribution in [0.3, 0.4) is 0 Å². The fourth-order valence-electron chi connectivity index (χ4n) is 5.86. The zero-order valence-corrected chi connectivity index (χ0v) is 25.2. The first-order chi connectivity index (χ1) is 22.2. The summed E-state index contributed by atoms with van der Waals surface area (Å²) in [6, 6.07) is 50.1. The van der Waals surface area contributed by atoms with Crippen LogP contribution >= 0.6 is 0 Å². The number of rotatable bonds is 11. The highest BCUT2D eigenvalue weighted by molar-refractivity contribution is 5.69. The Morgan fingerprint density at radius 1 is 0.622 bits per heavy atom. The molecule has 0 fully saturated rings. The number of carbonyl (C=O) groups is 1. The van der Waals surface area contributed by atoms with Crippen molar-refractivity contribution in [2.75, 3.05) is 13.2 Å². The van der Waals surface area contributed by atoms with Crippen molar-refractivity contribution in [1.29, 1.82) is 0 Å². The molecule has 0 aromatic heterocycles. The summed E-state index contributed by atoms with van der Waals surface area (Å²) in [7, 11) is 0. The average Bonchev–Trinajstić information content (AvgIpc) is 3.12. The van der Waals surface area contributed by atoms with Crippen molar-refractivity contribution < 1.29 is 19.0 Å². The minimum absolute atomic E-state index is 0.186. The van der Waals surface area contributed by atoms with E-state index < -0.39 is 23.8 Å². The fourth-order valence-corrected chi connectivity index (χ4v) is 5.86. The third kappa shape index (κ3) is 7.07. The number of hydrogen-bond donors (Lipinski definition) is 0. The summed E-state index contributed by atoms with van der Waals surface area (Å²) in [6.45, 7) is 1.18. The Morgan fingerprint density at radius 2 is 1.07 bits per heavy atom. The number of hydrogen-bond acceptors (Lipinski definition) is 4. The first kappa shape index (κ1) is 30.1. The van der Waals surface area contributed by atoms with E-state index in [2.05, 4.69) is 36.4 Å². The Labute approximate surface area is 265 Å². The molecule has 1 heterocycles. The molecule has 226 valence electrons. The molecule has 6 rings (SSSR count). The van der Waals surface area contributed by atoms with Gasteiger partial charge in [-0.3, -0.25) is 4.90 Å². The summed E-state index contributed by atoms with van der Waals surface area (Å²) in [5, 5.41) is 0. The third-order valence-corrected chi connectivity index (χ3v) is 8.14. The molecule has 45 heavy (non-hydrogen) atoms. The van der Waals surface area contributed by atoms with Crippen molar-refractivity contribution >= 4 is 6.09 Å². The second-order valence-corrected chi connectivity index (χ2v) is 11.0. The predicted octanol–water partition coefficient (Wildman–Crippen LogP) is 8.16. The number of amides is 1. The van der Waals surface area contributed by atoms with Crippen molar-refractivity contribution in [2.24, 2.45) is 0 Å². The maximum absolute atomic E-state index is 13.7. The lowest BCUT2D eigenvalue weighted by atomic mass is 9.80. The zero-order valence-electron chi connectivity index (χ0n) is 25.2. The predicted molar refractivity (Wildman–Crippen MR) is 176 cm³/mol. The fraction of sp³-hybridized carbons (Fsp3) is 0.175. The molecule has 0 saturated heterocycles. The zero-order chi connectivity index (χ0) is 30.7. The molecule has 2 atom stereocenters. The molecule has 1 aliphatic heterocycles. The molecule has 0 N–H and O–H groups in total. The van der Waals surface area contributed by atoms with Gasteiger partial charge in [0.05, 0.1) is 25.4 Å². The molecule has 5 aromatic carbocycles. The highest BCUT2D eigenvalue weighted by Crippen LogP contribution is 2.41. The van der Waals surface area contributed by atoms with Crippen molar-refractivity contribution in [3.63, 3.8) is 0 Å². The van der Waals surface area contributed by atoms with Crippen LogP contribution in [0.2, 0.25) is 0 Å². The van der Waals surface area contributed by atoms with E-state index in [-0.39, 0.29) is 13.2 Å². The van der Waals surface area contributed by atoms with Crippen LogP contribution < -0.4 is 0 Å². The first-order valence-electron chi connectivity index (χ1n) is 15.3. The summed E-state index contributed by atoms with van der Waals surface area (Å²) in [6.07, 6.45) is 3.18. The molecule has 0 radical (unpaired) electrons. The standard InChI is InChI=1S/C40H37NO4/c42-39(44-30-33-19-8-2-9-20-33)41-28-16-27-38(43-29-32-17-6-1-7-18-32)37(41)31-45-40(34-21-10-3-11-22-34,35-23-12-4-13-24-35)36-25-14-5-15-26-36/h1-27,37-38H,28-31H2/t37-,38-/m0/s1. The van der Waals surface area contributed by atoms with E-state index in [0.717, 1.165) is 27.8 Å². The molecule has 5 aromatic rings. The van der Waals surface area contributed by atoms with Gasteiger partial charge in [-0.1, -0.05) is 164 Å². The molecule has 0 bridgehead atoms. The summed E-state index contributed by atoms with van der Waals surface area (Å²) >= 11 is 0. The lowest BCUT2D eigenvalue weighted by Crippen LogP contribution is -2.53. The Bertz CT molecular complexity index is 1550. The summed E-state index contributed by atoms with van der Waals surface area (Å²) in [4.78, 5) is 15.4. The maximum atomic E-state index is 13.7. The van der Waals surface area contributed by atoms with E-state index in [1.54, 1.807) is 4.90 Å². The normalized spacial score (nSPS) is 16.3. The second-order valence-electron chi connectivity index (χ2n) is 11.0. The molecule has 0 spiro atoms. The van der Waals surface area contributed by atoms with Crippen LogP contribution in [0.5, 0.6) is 0 Å². The van der Waals surface area contributed by atoms with E-state index in [9.17, 15) is 4.79 Å². The van der Waals surface area contributed by atoms with Crippen molar-refractivity contribution in [2.45, 2.75) is 31.0 Å².